The largest absolute Gasteiger partial charge is 0.496 e. The van der Waals surface area contributed by atoms with Gasteiger partial charge < -0.3 is 19.7 Å². The van der Waals surface area contributed by atoms with Gasteiger partial charge in [-0.1, -0.05) is 33.3 Å². The number of aromatic nitrogens is 2. The molecule has 0 aliphatic heterocycles. The smallest absolute Gasteiger partial charge is 0.339 e. The van der Waals surface area contributed by atoms with E-state index in [0.717, 1.165) is 42.8 Å². The summed E-state index contributed by atoms with van der Waals surface area (Å²) in [5, 5.41) is 12.4. The first-order chi connectivity index (χ1) is 15.3. The quantitative estimate of drug-likeness (QED) is 0.389. The van der Waals surface area contributed by atoms with Crippen LogP contribution in [0.3, 0.4) is 0 Å². The van der Waals surface area contributed by atoms with E-state index in [0.29, 0.717) is 30.5 Å². The molecular weight excluding hydrogens is 426 g/mol. The fraction of sp³-hybridized carbons (Fsp3) is 0.542. The van der Waals surface area contributed by atoms with Crippen LogP contribution in [0.25, 0.3) is 0 Å². The first-order valence-electron chi connectivity index (χ1n) is 11.1. The lowest BCUT2D eigenvalue weighted by atomic mass is 9.98. The van der Waals surface area contributed by atoms with E-state index in [1.54, 1.807) is 18.2 Å². The van der Waals surface area contributed by atoms with Crippen molar-refractivity contribution >= 4 is 24.5 Å². The number of carboxylic acids is 1. The first-order valence-corrected chi connectivity index (χ1v) is 11.8. The molecule has 32 heavy (non-hydrogen) atoms. The van der Waals surface area contributed by atoms with Crippen LogP contribution >= 0.6 is 12.6 Å². The minimum absolute atomic E-state index is 0.00374. The molecule has 2 aromatic rings. The van der Waals surface area contributed by atoms with Gasteiger partial charge >= 0.3 is 5.97 Å². The molecule has 1 aromatic heterocycles. The van der Waals surface area contributed by atoms with Crippen LogP contribution in [0.15, 0.2) is 24.4 Å². The Morgan fingerprint density at radius 2 is 2.06 bits per heavy atom. The van der Waals surface area contributed by atoms with Crippen molar-refractivity contribution in [3.8, 4) is 5.75 Å². The second kappa shape index (κ2) is 12.5. The maximum atomic E-state index is 12.7. The lowest BCUT2D eigenvalue weighted by Crippen LogP contribution is -2.32. The van der Waals surface area contributed by atoms with Gasteiger partial charge in [0.05, 0.1) is 25.5 Å². The number of amides is 1. The fourth-order valence-electron chi connectivity index (χ4n) is 3.67. The second-order valence-electron chi connectivity index (χ2n) is 8.42. The van der Waals surface area contributed by atoms with Crippen molar-refractivity contribution in [1.29, 1.82) is 0 Å². The number of carbonyl (C=O) groups is 2. The summed E-state index contributed by atoms with van der Waals surface area (Å²) in [4.78, 5) is 28.6. The monoisotopic (exact) mass is 461 g/mol. The van der Waals surface area contributed by atoms with Gasteiger partial charge in [0.1, 0.15) is 17.1 Å². The van der Waals surface area contributed by atoms with Gasteiger partial charge in [-0.05, 0) is 36.5 Å². The van der Waals surface area contributed by atoms with Crippen molar-refractivity contribution in [3.63, 3.8) is 0 Å². The van der Waals surface area contributed by atoms with E-state index in [4.69, 9.17) is 4.74 Å². The van der Waals surface area contributed by atoms with Crippen molar-refractivity contribution < 1.29 is 19.4 Å². The molecule has 0 saturated carbocycles. The highest BCUT2D eigenvalue weighted by molar-refractivity contribution is 7.80. The topological polar surface area (TPSA) is 93.5 Å². The summed E-state index contributed by atoms with van der Waals surface area (Å²) in [5.74, 6) is 1.07. The number of hydrogen-bond acceptors (Lipinski definition) is 5. The van der Waals surface area contributed by atoms with Crippen molar-refractivity contribution in [3.05, 3.63) is 47.0 Å². The highest BCUT2D eigenvalue weighted by Crippen LogP contribution is 2.22. The Bertz CT molecular complexity index is 911. The molecule has 2 N–H and O–H groups in total. The molecule has 1 aromatic carbocycles. The van der Waals surface area contributed by atoms with Crippen LogP contribution in [0.4, 0.5) is 0 Å². The number of carboxylic acid groups (broad SMARTS) is 1. The van der Waals surface area contributed by atoms with Crippen molar-refractivity contribution in [1.82, 2.24) is 14.9 Å². The molecular formula is C24H35N3O4S. The highest BCUT2D eigenvalue weighted by Gasteiger charge is 2.19. The Kier molecular flexibility index (Phi) is 10.1. The van der Waals surface area contributed by atoms with Gasteiger partial charge in [-0.3, -0.25) is 4.79 Å². The van der Waals surface area contributed by atoms with Gasteiger partial charge in [0, 0.05) is 24.6 Å². The molecule has 0 saturated heterocycles. The average molecular weight is 462 g/mol. The van der Waals surface area contributed by atoms with E-state index < -0.39 is 5.97 Å². The van der Waals surface area contributed by atoms with E-state index in [2.05, 4.69) is 48.3 Å². The SMILES string of the molecule is CCCCc1ncc(CNC(=O)[C@H](CS)CC(C)C)n1Cc1ccc(C(=O)O)c(OC)c1. The molecule has 1 atom stereocenters. The van der Waals surface area contributed by atoms with Crippen molar-refractivity contribution in [2.45, 2.75) is 59.5 Å². The molecule has 0 radical (unpaired) electrons. The molecule has 8 heteroatoms. The van der Waals surface area contributed by atoms with Gasteiger partial charge in [0.25, 0.3) is 0 Å². The number of rotatable bonds is 13. The summed E-state index contributed by atoms with van der Waals surface area (Å²) in [5.41, 5.74) is 1.94. The number of thiol groups is 1. The highest BCUT2D eigenvalue weighted by atomic mass is 32.1. The number of ether oxygens (including phenoxy) is 1. The third kappa shape index (κ3) is 7.02. The number of carbonyl (C=O) groups excluding carboxylic acids is 1. The number of imidazole rings is 1. The lowest BCUT2D eigenvalue weighted by molar-refractivity contribution is -0.124. The molecule has 0 bridgehead atoms. The first kappa shape index (κ1) is 25.8. The number of nitrogens with zero attached hydrogens (tertiary/aromatic N) is 2. The maximum absolute atomic E-state index is 12.7. The molecule has 0 aliphatic rings. The van der Waals surface area contributed by atoms with Gasteiger partial charge in [0.2, 0.25) is 5.91 Å². The van der Waals surface area contributed by atoms with Crippen LogP contribution in [0.1, 0.15) is 67.5 Å². The van der Waals surface area contributed by atoms with Gasteiger partial charge in [-0.25, -0.2) is 9.78 Å². The van der Waals surface area contributed by atoms with Crippen LogP contribution < -0.4 is 10.1 Å². The minimum Gasteiger partial charge on any atom is -0.496 e. The van der Waals surface area contributed by atoms with Gasteiger partial charge in [-0.2, -0.15) is 12.6 Å². The summed E-state index contributed by atoms with van der Waals surface area (Å²) in [6, 6.07) is 5.09. The zero-order valence-electron chi connectivity index (χ0n) is 19.4. The van der Waals surface area contributed by atoms with Crippen LogP contribution in [0, 0.1) is 11.8 Å². The third-order valence-electron chi connectivity index (χ3n) is 5.40. The summed E-state index contributed by atoms with van der Waals surface area (Å²) in [6.07, 6.45) is 5.51. The predicted molar refractivity (Wildman–Crippen MR) is 129 cm³/mol. The molecule has 0 aliphatic carbocycles. The van der Waals surface area contributed by atoms with Gasteiger partial charge in [-0.15, -0.1) is 0 Å². The summed E-state index contributed by atoms with van der Waals surface area (Å²) < 4.78 is 7.37. The Morgan fingerprint density at radius 3 is 2.66 bits per heavy atom. The standard InChI is InChI=1S/C24H35N3O4S/c1-5-6-7-22-25-12-19(13-26-23(28)18(15-32)10-16(2)3)27(22)14-17-8-9-20(24(29)30)21(11-17)31-4/h8-9,11-12,16,18,32H,5-7,10,13-15H2,1-4H3,(H,26,28)(H,29,30)/t18-/m0/s1. The number of aromatic carboxylic acids is 1. The summed E-state index contributed by atoms with van der Waals surface area (Å²) in [7, 11) is 1.46. The number of nitrogens with one attached hydrogen (secondary N) is 1. The second-order valence-corrected chi connectivity index (χ2v) is 8.79. The molecule has 0 unspecified atom stereocenters. The van der Waals surface area contributed by atoms with Crippen LogP contribution in [0.2, 0.25) is 0 Å². The summed E-state index contributed by atoms with van der Waals surface area (Å²) >= 11 is 4.35. The molecule has 0 fully saturated rings. The normalized spacial score (nSPS) is 12.1. The Labute approximate surface area is 196 Å². The molecule has 2 rings (SSSR count). The Hall–Kier alpha value is -2.48. The van der Waals surface area contributed by atoms with E-state index >= 15 is 0 Å². The number of methoxy groups -OCH3 is 1. The van der Waals surface area contributed by atoms with Crippen LogP contribution in [-0.4, -0.2) is 39.4 Å². The van der Waals surface area contributed by atoms with Gasteiger partial charge in [0.15, 0.2) is 0 Å². The Balaban J connectivity index is 2.24. The van der Waals surface area contributed by atoms with Crippen molar-refractivity contribution in [2.75, 3.05) is 12.9 Å². The van der Waals surface area contributed by atoms with E-state index in [-0.39, 0.29) is 17.4 Å². The minimum atomic E-state index is -1.02. The average Bonchev–Trinajstić information content (AvgIpc) is 3.14. The molecule has 1 heterocycles. The molecule has 7 nitrogen and oxygen atoms in total. The zero-order valence-corrected chi connectivity index (χ0v) is 20.3. The molecule has 1 amide bonds. The Morgan fingerprint density at radius 1 is 1.31 bits per heavy atom. The zero-order chi connectivity index (χ0) is 23.7. The third-order valence-corrected chi connectivity index (χ3v) is 5.84. The van der Waals surface area contributed by atoms with E-state index in [1.807, 2.05) is 6.20 Å². The van der Waals surface area contributed by atoms with E-state index in [1.165, 1.54) is 7.11 Å². The maximum Gasteiger partial charge on any atom is 0.339 e. The fourth-order valence-corrected chi connectivity index (χ4v) is 3.99. The van der Waals surface area contributed by atoms with Crippen LogP contribution in [-0.2, 0) is 24.3 Å². The van der Waals surface area contributed by atoms with Crippen molar-refractivity contribution in [2.24, 2.45) is 11.8 Å². The molecule has 0 spiro atoms. The van der Waals surface area contributed by atoms with Crippen LogP contribution in [0.5, 0.6) is 5.75 Å². The number of aryl methyl sites for hydroxylation is 1. The number of hydrogen-bond donors (Lipinski definition) is 3. The number of benzene rings is 1. The predicted octanol–water partition coefficient (Wildman–Crippen LogP) is 4.19. The molecule has 176 valence electrons. The van der Waals surface area contributed by atoms with E-state index in [9.17, 15) is 14.7 Å². The number of unbranched alkanes of at least 4 members (excludes halogenated alkanes) is 1. The summed E-state index contributed by atoms with van der Waals surface area (Å²) in [6.45, 7) is 7.23. The lowest BCUT2D eigenvalue weighted by Gasteiger charge is -2.18.